The molecule has 0 aliphatic carbocycles. The van der Waals surface area contributed by atoms with Crippen molar-refractivity contribution in [2.24, 2.45) is 5.92 Å². The van der Waals surface area contributed by atoms with Crippen molar-refractivity contribution in [1.29, 1.82) is 0 Å². The Hall–Kier alpha value is -2.58. The first-order chi connectivity index (χ1) is 16.2. The fourth-order valence-corrected chi connectivity index (χ4v) is 5.80. The molecule has 8 heteroatoms. The van der Waals surface area contributed by atoms with E-state index in [0.717, 1.165) is 16.7 Å². The average molecular weight is 489 g/mol. The van der Waals surface area contributed by atoms with E-state index >= 15 is 0 Å². The number of nitrogens with zero attached hydrogens (tertiary/aromatic N) is 1. The van der Waals surface area contributed by atoms with E-state index < -0.39 is 10.0 Å². The van der Waals surface area contributed by atoms with Gasteiger partial charge in [0.25, 0.3) is 0 Å². The number of carbonyl (C=O) groups is 1. The number of piperidine rings is 1. The molecule has 186 valence electrons. The second-order valence-electron chi connectivity index (χ2n) is 8.72. The summed E-state index contributed by atoms with van der Waals surface area (Å²) in [6.07, 6.45) is 1.03. The third-order valence-corrected chi connectivity index (χ3v) is 7.93. The molecule has 1 N–H and O–H groups in total. The molecule has 0 spiro atoms. The number of ether oxygens (including phenoxy) is 2. The molecular weight excluding hydrogens is 452 g/mol. The molecule has 1 aliphatic heterocycles. The van der Waals surface area contributed by atoms with Crippen molar-refractivity contribution in [1.82, 2.24) is 9.62 Å². The Labute approximate surface area is 203 Å². The van der Waals surface area contributed by atoms with Gasteiger partial charge in [-0.3, -0.25) is 4.79 Å². The highest BCUT2D eigenvalue weighted by Crippen LogP contribution is 2.31. The summed E-state index contributed by atoms with van der Waals surface area (Å²) in [5, 5.41) is 3.08. The lowest BCUT2D eigenvalue weighted by Gasteiger charge is -2.31. The Bertz CT molecular complexity index is 1080. The van der Waals surface area contributed by atoms with Crippen LogP contribution in [0.2, 0.25) is 0 Å². The Balaban J connectivity index is 1.56. The van der Waals surface area contributed by atoms with E-state index in [-0.39, 0.29) is 23.6 Å². The van der Waals surface area contributed by atoms with Gasteiger partial charge in [-0.2, -0.15) is 0 Å². The van der Waals surface area contributed by atoms with Crippen LogP contribution in [0.1, 0.15) is 56.3 Å². The molecule has 3 rings (SSSR count). The summed E-state index contributed by atoms with van der Waals surface area (Å²) in [7, 11) is -3.41. The summed E-state index contributed by atoms with van der Waals surface area (Å²) in [5.41, 5.74) is 2.76. The maximum atomic E-state index is 12.9. The first-order valence-corrected chi connectivity index (χ1v) is 13.6. The lowest BCUT2D eigenvalue weighted by atomic mass is 9.96. The van der Waals surface area contributed by atoms with E-state index in [4.69, 9.17) is 9.47 Å². The SMILES string of the molecule is CCOc1ccc(C(C)NC(=O)C2CCN(S(=O)(=O)Cc3cccc(C)c3)CC2)cc1OCC. The van der Waals surface area contributed by atoms with Crippen molar-refractivity contribution in [2.75, 3.05) is 26.3 Å². The number of aryl methyl sites for hydroxylation is 1. The van der Waals surface area contributed by atoms with Gasteiger partial charge in [-0.15, -0.1) is 0 Å². The van der Waals surface area contributed by atoms with E-state index in [1.807, 2.05) is 70.2 Å². The van der Waals surface area contributed by atoms with E-state index in [1.165, 1.54) is 4.31 Å². The summed E-state index contributed by atoms with van der Waals surface area (Å²) in [5.74, 6) is 1.08. The van der Waals surface area contributed by atoms with Crippen molar-refractivity contribution in [3.8, 4) is 11.5 Å². The lowest BCUT2D eigenvalue weighted by Crippen LogP contribution is -2.43. The number of sulfonamides is 1. The van der Waals surface area contributed by atoms with Crippen molar-refractivity contribution in [2.45, 2.75) is 52.3 Å². The molecule has 0 aromatic heterocycles. The standard InChI is InChI=1S/C26H36N2O5S/c1-5-32-24-11-10-23(17-25(24)33-6-2)20(4)27-26(29)22-12-14-28(15-13-22)34(30,31)18-21-9-7-8-19(3)16-21/h7-11,16-17,20,22H,5-6,12-15,18H2,1-4H3,(H,27,29). The molecule has 0 saturated carbocycles. The quantitative estimate of drug-likeness (QED) is 0.542. The number of amides is 1. The molecular formula is C26H36N2O5S. The Morgan fingerprint density at radius 2 is 1.74 bits per heavy atom. The maximum absolute atomic E-state index is 12.9. The molecule has 1 heterocycles. The van der Waals surface area contributed by atoms with E-state index in [9.17, 15) is 13.2 Å². The normalized spacial score (nSPS) is 16.1. The van der Waals surface area contributed by atoms with Crippen LogP contribution in [0.3, 0.4) is 0 Å². The largest absolute Gasteiger partial charge is 0.490 e. The van der Waals surface area contributed by atoms with Gasteiger partial charge in [0.15, 0.2) is 11.5 Å². The van der Waals surface area contributed by atoms with Crippen LogP contribution in [0, 0.1) is 12.8 Å². The molecule has 1 amide bonds. The summed E-state index contributed by atoms with van der Waals surface area (Å²) in [6.45, 7) is 9.51. The van der Waals surface area contributed by atoms with Gasteiger partial charge in [-0.05, 0) is 63.8 Å². The molecule has 1 fully saturated rings. The van der Waals surface area contributed by atoms with Crippen molar-refractivity contribution in [3.05, 3.63) is 59.2 Å². The molecule has 2 aromatic rings. The zero-order valence-corrected chi connectivity index (χ0v) is 21.4. The first-order valence-electron chi connectivity index (χ1n) is 12.0. The molecule has 7 nitrogen and oxygen atoms in total. The van der Waals surface area contributed by atoms with Gasteiger partial charge in [-0.1, -0.05) is 35.9 Å². The van der Waals surface area contributed by atoms with Crippen LogP contribution in [0.15, 0.2) is 42.5 Å². The average Bonchev–Trinajstić information content (AvgIpc) is 2.80. The molecule has 0 radical (unpaired) electrons. The number of rotatable bonds is 10. The first kappa shape index (κ1) is 26.0. The van der Waals surface area contributed by atoms with Crippen LogP contribution in [0.4, 0.5) is 0 Å². The predicted molar refractivity (Wildman–Crippen MR) is 133 cm³/mol. The van der Waals surface area contributed by atoms with Crippen LogP contribution in [0.5, 0.6) is 11.5 Å². The van der Waals surface area contributed by atoms with Crippen LogP contribution in [-0.2, 0) is 20.6 Å². The van der Waals surface area contributed by atoms with Gasteiger partial charge in [0.05, 0.1) is 25.0 Å². The molecule has 2 aromatic carbocycles. The number of hydrogen-bond donors (Lipinski definition) is 1. The minimum atomic E-state index is -3.41. The zero-order valence-electron chi connectivity index (χ0n) is 20.5. The Morgan fingerprint density at radius 3 is 2.38 bits per heavy atom. The molecule has 1 unspecified atom stereocenters. The minimum absolute atomic E-state index is 0.0114. The highest BCUT2D eigenvalue weighted by atomic mass is 32.2. The summed E-state index contributed by atoms with van der Waals surface area (Å²) >= 11 is 0. The van der Waals surface area contributed by atoms with Crippen LogP contribution < -0.4 is 14.8 Å². The van der Waals surface area contributed by atoms with Crippen molar-refractivity contribution >= 4 is 15.9 Å². The molecule has 1 saturated heterocycles. The van der Waals surface area contributed by atoms with Crippen molar-refractivity contribution in [3.63, 3.8) is 0 Å². The smallest absolute Gasteiger partial charge is 0.223 e. The highest BCUT2D eigenvalue weighted by molar-refractivity contribution is 7.88. The van der Waals surface area contributed by atoms with Gasteiger partial charge >= 0.3 is 0 Å². The van der Waals surface area contributed by atoms with Gasteiger partial charge < -0.3 is 14.8 Å². The maximum Gasteiger partial charge on any atom is 0.223 e. The molecule has 1 aliphatic rings. The van der Waals surface area contributed by atoms with Crippen LogP contribution in [-0.4, -0.2) is 44.9 Å². The second kappa shape index (κ2) is 11.7. The molecule has 0 bridgehead atoms. The highest BCUT2D eigenvalue weighted by Gasteiger charge is 2.31. The number of benzene rings is 2. The topological polar surface area (TPSA) is 84.9 Å². The third-order valence-electron chi connectivity index (χ3n) is 6.08. The Morgan fingerprint density at radius 1 is 1.06 bits per heavy atom. The second-order valence-corrected chi connectivity index (χ2v) is 10.7. The number of carbonyl (C=O) groups excluding carboxylic acids is 1. The van der Waals surface area contributed by atoms with Crippen LogP contribution in [0.25, 0.3) is 0 Å². The lowest BCUT2D eigenvalue weighted by molar-refractivity contribution is -0.126. The number of nitrogens with one attached hydrogen (secondary N) is 1. The van der Waals surface area contributed by atoms with E-state index in [2.05, 4.69) is 5.32 Å². The molecule has 34 heavy (non-hydrogen) atoms. The summed E-state index contributed by atoms with van der Waals surface area (Å²) in [4.78, 5) is 12.9. The summed E-state index contributed by atoms with van der Waals surface area (Å²) in [6, 6.07) is 13.1. The van der Waals surface area contributed by atoms with Crippen LogP contribution >= 0.6 is 0 Å². The fourth-order valence-electron chi connectivity index (χ4n) is 4.25. The van der Waals surface area contributed by atoms with Gasteiger partial charge in [0.2, 0.25) is 15.9 Å². The fraction of sp³-hybridized carbons (Fsp3) is 0.500. The Kier molecular flexibility index (Phi) is 8.97. The summed E-state index contributed by atoms with van der Waals surface area (Å²) < 4.78 is 38.6. The van der Waals surface area contributed by atoms with E-state index in [1.54, 1.807) is 0 Å². The van der Waals surface area contributed by atoms with Gasteiger partial charge in [0, 0.05) is 19.0 Å². The van der Waals surface area contributed by atoms with Gasteiger partial charge in [-0.25, -0.2) is 12.7 Å². The third kappa shape index (κ3) is 6.73. The predicted octanol–water partition coefficient (Wildman–Crippen LogP) is 4.21. The minimum Gasteiger partial charge on any atom is -0.490 e. The van der Waals surface area contributed by atoms with E-state index in [0.29, 0.717) is 50.6 Å². The van der Waals surface area contributed by atoms with Crippen molar-refractivity contribution < 1.29 is 22.7 Å². The number of hydrogen-bond acceptors (Lipinski definition) is 5. The monoisotopic (exact) mass is 488 g/mol. The van der Waals surface area contributed by atoms with Gasteiger partial charge in [0.1, 0.15) is 0 Å². The molecule has 1 atom stereocenters. The zero-order chi connectivity index (χ0) is 24.7.